The van der Waals surface area contributed by atoms with E-state index < -0.39 is 0 Å². The third-order valence-electron chi connectivity index (χ3n) is 7.45. The lowest BCUT2D eigenvalue weighted by Gasteiger charge is -2.31. The Hall–Kier alpha value is -4.44. The second-order valence-corrected chi connectivity index (χ2v) is 10.9. The molecule has 0 spiro atoms. The number of aromatic nitrogens is 3. The zero-order valence-corrected chi connectivity index (χ0v) is 23.4. The lowest BCUT2D eigenvalue weighted by atomic mass is 9.93. The third-order valence-corrected chi connectivity index (χ3v) is 7.72. The number of likely N-dealkylation sites (tertiary alicyclic amines) is 1. The normalized spacial score (nSPS) is 15.0. The zero-order chi connectivity index (χ0) is 28.3. The maximum absolute atomic E-state index is 13.1. The second-order valence-electron chi connectivity index (χ2n) is 10.5. The standard InChI is InChI=1S/C30H30ClN7O3/c1-18-2-7-26(41-18)29(40)38-10-8-19(9-11-38)13-27(39)36-25-6-5-22-14-21(25)4-3-20-12-23(16-32-15-20)35-30-33-17-24(31)28(34-22)37-30/h2,5-7,12,14-17,19H,3-4,8-11,13H2,1H3,(H,36,39)(H2,33,34,35,37). The molecule has 1 saturated heterocycles. The Labute approximate surface area is 242 Å². The summed E-state index contributed by atoms with van der Waals surface area (Å²) in [5.74, 6) is 2.05. The number of hydrogen-bond donors (Lipinski definition) is 3. The van der Waals surface area contributed by atoms with E-state index in [9.17, 15) is 9.59 Å². The molecule has 2 amide bonds. The number of pyridine rings is 1. The Balaban J connectivity index is 1.14. The zero-order valence-electron chi connectivity index (χ0n) is 22.6. The van der Waals surface area contributed by atoms with Gasteiger partial charge in [0.05, 0.1) is 18.1 Å². The molecule has 1 fully saturated rings. The fourth-order valence-electron chi connectivity index (χ4n) is 5.26. The highest BCUT2D eigenvalue weighted by Gasteiger charge is 2.27. The van der Waals surface area contributed by atoms with E-state index in [2.05, 4.69) is 30.9 Å². The predicted octanol–water partition coefficient (Wildman–Crippen LogP) is 5.89. The molecule has 2 aliphatic heterocycles. The van der Waals surface area contributed by atoms with E-state index >= 15 is 0 Å². The number of nitrogens with one attached hydrogen (secondary N) is 3. The molecule has 0 unspecified atom stereocenters. The van der Waals surface area contributed by atoms with Crippen molar-refractivity contribution in [1.82, 2.24) is 19.9 Å². The number of amides is 2. The first kappa shape index (κ1) is 26.8. The average molecular weight is 572 g/mol. The summed E-state index contributed by atoms with van der Waals surface area (Å²) in [5, 5.41) is 10.00. The smallest absolute Gasteiger partial charge is 0.289 e. The van der Waals surface area contributed by atoms with Crippen molar-refractivity contribution in [3.8, 4) is 0 Å². The van der Waals surface area contributed by atoms with Gasteiger partial charge in [0.2, 0.25) is 11.9 Å². The number of carbonyl (C=O) groups excluding carboxylic acids is 2. The van der Waals surface area contributed by atoms with Crippen molar-refractivity contribution in [3.63, 3.8) is 0 Å². The van der Waals surface area contributed by atoms with Gasteiger partial charge in [-0.1, -0.05) is 11.6 Å². The van der Waals surface area contributed by atoms with Crippen LogP contribution in [-0.2, 0) is 17.6 Å². The summed E-state index contributed by atoms with van der Waals surface area (Å²) in [5.41, 5.74) is 4.39. The summed E-state index contributed by atoms with van der Waals surface area (Å²) >= 11 is 6.37. The molecule has 0 aliphatic carbocycles. The topological polar surface area (TPSA) is 125 Å². The summed E-state index contributed by atoms with van der Waals surface area (Å²) in [7, 11) is 0. The largest absolute Gasteiger partial charge is 0.456 e. The molecule has 0 radical (unpaired) electrons. The summed E-state index contributed by atoms with van der Waals surface area (Å²) < 4.78 is 5.49. The van der Waals surface area contributed by atoms with Gasteiger partial charge < -0.3 is 25.3 Å². The van der Waals surface area contributed by atoms with Gasteiger partial charge in [-0.05, 0) is 86.1 Å². The number of halogens is 1. The lowest BCUT2D eigenvalue weighted by molar-refractivity contribution is -0.117. The van der Waals surface area contributed by atoms with Crippen molar-refractivity contribution >= 4 is 52.2 Å². The molecule has 5 heterocycles. The van der Waals surface area contributed by atoms with Crippen LogP contribution in [0.3, 0.4) is 0 Å². The van der Waals surface area contributed by atoms with Crippen molar-refractivity contribution in [2.24, 2.45) is 5.92 Å². The minimum atomic E-state index is -0.0919. The molecule has 11 heteroatoms. The first-order valence-electron chi connectivity index (χ1n) is 13.7. The number of anilines is 5. The van der Waals surface area contributed by atoms with Crippen molar-refractivity contribution in [3.05, 3.63) is 82.7 Å². The first-order valence-corrected chi connectivity index (χ1v) is 14.1. The molecule has 4 aromatic rings. The second kappa shape index (κ2) is 11.6. The lowest BCUT2D eigenvalue weighted by Crippen LogP contribution is -2.39. The van der Waals surface area contributed by atoms with Gasteiger partial charge in [0.15, 0.2) is 11.6 Å². The number of aryl methyl sites for hydroxylation is 3. The molecule has 210 valence electrons. The summed E-state index contributed by atoms with van der Waals surface area (Å²) in [6.45, 7) is 3.04. The van der Waals surface area contributed by atoms with Crippen molar-refractivity contribution in [1.29, 1.82) is 0 Å². The Morgan fingerprint density at radius 2 is 1.90 bits per heavy atom. The monoisotopic (exact) mass is 571 g/mol. The van der Waals surface area contributed by atoms with Crippen LogP contribution in [0.4, 0.5) is 28.8 Å². The Kier molecular flexibility index (Phi) is 7.56. The van der Waals surface area contributed by atoms with Crippen LogP contribution in [0.5, 0.6) is 0 Å². The van der Waals surface area contributed by atoms with Gasteiger partial charge in [-0.3, -0.25) is 14.6 Å². The summed E-state index contributed by atoms with van der Waals surface area (Å²) in [4.78, 5) is 40.8. The number of fused-ring (bicyclic) bond motifs is 6. The van der Waals surface area contributed by atoms with Gasteiger partial charge >= 0.3 is 0 Å². The average Bonchev–Trinajstić information content (AvgIpc) is 3.41. The molecule has 0 saturated carbocycles. The maximum Gasteiger partial charge on any atom is 0.289 e. The molecule has 2 aliphatic rings. The number of carbonyl (C=O) groups is 2. The van der Waals surface area contributed by atoms with Crippen molar-refractivity contribution < 1.29 is 14.0 Å². The molecular formula is C30H30ClN7O3. The molecule has 10 nitrogen and oxygen atoms in total. The van der Waals surface area contributed by atoms with E-state index in [1.807, 2.05) is 37.4 Å². The number of nitrogens with zero attached hydrogens (tertiary/aromatic N) is 4. The van der Waals surface area contributed by atoms with E-state index in [1.54, 1.807) is 29.4 Å². The first-order chi connectivity index (χ1) is 19.9. The van der Waals surface area contributed by atoms with Gasteiger partial charge in [-0.15, -0.1) is 0 Å². The van der Waals surface area contributed by atoms with Crippen LogP contribution in [0.15, 0.2) is 59.4 Å². The van der Waals surface area contributed by atoms with Crippen LogP contribution >= 0.6 is 11.6 Å². The molecule has 6 bridgehead atoms. The highest BCUT2D eigenvalue weighted by Crippen LogP contribution is 2.30. The third kappa shape index (κ3) is 6.33. The Bertz CT molecular complexity index is 1600. The number of furan rings is 1. The molecule has 3 aromatic heterocycles. The maximum atomic E-state index is 13.1. The fraction of sp³-hybridized carbons (Fsp3) is 0.300. The van der Waals surface area contributed by atoms with Crippen LogP contribution in [-0.4, -0.2) is 44.8 Å². The number of rotatable bonds is 4. The van der Waals surface area contributed by atoms with Crippen LogP contribution in [0.2, 0.25) is 5.02 Å². The molecule has 41 heavy (non-hydrogen) atoms. The quantitative estimate of drug-likeness (QED) is 0.277. The molecule has 3 N–H and O–H groups in total. The van der Waals surface area contributed by atoms with Crippen LogP contribution in [0.25, 0.3) is 0 Å². The van der Waals surface area contributed by atoms with E-state index in [0.29, 0.717) is 48.5 Å². The van der Waals surface area contributed by atoms with Gasteiger partial charge in [-0.2, -0.15) is 4.98 Å². The highest BCUT2D eigenvalue weighted by molar-refractivity contribution is 6.32. The molecule has 0 atom stereocenters. The van der Waals surface area contributed by atoms with Crippen LogP contribution in [0.1, 0.15) is 46.7 Å². The van der Waals surface area contributed by atoms with Crippen molar-refractivity contribution in [2.75, 3.05) is 29.0 Å². The van der Waals surface area contributed by atoms with Crippen LogP contribution in [0, 0.1) is 12.8 Å². The fourth-order valence-corrected chi connectivity index (χ4v) is 5.40. The minimum absolute atomic E-state index is 0.0346. The van der Waals surface area contributed by atoms with Gasteiger partial charge in [0, 0.05) is 37.1 Å². The molecular weight excluding hydrogens is 542 g/mol. The van der Waals surface area contributed by atoms with Gasteiger partial charge in [-0.25, -0.2) is 4.98 Å². The van der Waals surface area contributed by atoms with E-state index in [0.717, 1.165) is 53.2 Å². The van der Waals surface area contributed by atoms with Gasteiger partial charge in [0.1, 0.15) is 10.8 Å². The molecule has 1 aromatic carbocycles. The number of piperidine rings is 1. The number of benzene rings is 1. The van der Waals surface area contributed by atoms with Crippen LogP contribution < -0.4 is 16.0 Å². The Morgan fingerprint density at radius 3 is 2.71 bits per heavy atom. The van der Waals surface area contributed by atoms with E-state index in [-0.39, 0.29) is 17.7 Å². The summed E-state index contributed by atoms with van der Waals surface area (Å²) in [6, 6.07) is 11.3. The highest BCUT2D eigenvalue weighted by atomic mass is 35.5. The van der Waals surface area contributed by atoms with Crippen molar-refractivity contribution in [2.45, 2.75) is 39.0 Å². The summed E-state index contributed by atoms with van der Waals surface area (Å²) in [6.07, 6.45) is 8.47. The van der Waals surface area contributed by atoms with E-state index in [1.165, 1.54) is 0 Å². The SMILES string of the molecule is Cc1ccc(C(=O)N2CCC(CC(=O)Nc3ccc4cc3CCc3cncc(c3)Nc3ncc(Cl)c(n3)N4)CC2)o1. The van der Waals surface area contributed by atoms with E-state index in [4.69, 9.17) is 16.0 Å². The number of hydrogen-bond acceptors (Lipinski definition) is 8. The predicted molar refractivity (Wildman–Crippen MR) is 157 cm³/mol. The molecule has 6 rings (SSSR count). The Morgan fingerprint density at radius 1 is 1.05 bits per heavy atom. The van der Waals surface area contributed by atoms with Gasteiger partial charge in [0.25, 0.3) is 5.91 Å². The minimum Gasteiger partial charge on any atom is -0.456 e.